The van der Waals surface area contributed by atoms with Crippen LogP contribution in [0.4, 0.5) is 0 Å². The molecule has 1 aliphatic rings. The van der Waals surface area contributed by atoms with Gasteiger partial charge in [-0.1, -0.05) is 18.5 Å². The third-order valence-corrected chi connectivity index (χ3v) is 4.98. The smallest absolute Gasteiger partial charge is 0.123 e. The summed E-state index contributed by atoms with van der Waals surface area (Å²) >= 11 is 8.18. The molecule has 1 aromatic rings. The highest BCUT2D eigenvalue weighted by Crippen LogP contribution is 2.39. The van der Waals surface area contributed by atoms with E-state index < -0.39 is 0 Å². The molecule has 18 heavy (non-hydrogen) atoms. The lowest BCUT2D eigenvalue weighted by Crippen LogP contribution is -2.29. The summed E-state index contributed by atoms with van der Waals surface area (Å²) < 4.78 is 5.48. The predicted molar refractivity (Wildman–Crippen MR) is 79.9 cm³/mol. The van der Waals surface area contributed by atoms with Gasteiger partial charge in [-0.25, -0.2) is 0 Å². The first-order valence-corrected chi connectivity index (χ1v) is 7.87. The summed E-state index contributed by atoms with van der Waals surface area (Å²) in [5, 5.41) is 4.98. The maximum Gasteiger partial charge on any atom is 0.123 e. The number of methoxy groups -OCH3 is 1. The molecule has 0 radical (unpaired) electrons. The first-order chi connectivity index (χ1) is 8.76. The maximum absolute atomic E-state index is 6.13. The summed E-state index contributed by atoms with van der Waals surface area (Å²) in [6, 6.07) is 6.21. The van der Waals surface area contributed by atoms with Gasteiger partial charge >= 0.3 is 0 Å². The third kappa shape index (κ3) is 3.14. The van der Waals surface area contributed by atoms with Gasteiger partial charge in [-0.15, -0.1) is 0 Å². The molecule has 2 nitrogen and oxygen atoms in total. The fourth-order valence-electron chi connectivity index (χ4n) is 2.48. The minimum Gasteiger partial charge on any atom is -0.496 e. The van der Waals surface area contributed by atoms with Crippen LogP contribution < -0.4 is 10.1 Å². The molecule has 0 bridgehead atoms. The van der Waals surface area contributed by atoms with Crippen molar-refractivity contribution in [2.45, 2.75) is 31.1 Å². The highest BCUT2D eigenvalue weighted by molar-refractivity contribution is 8.00. The Kier molecular flexibility index (Phi) is 5.22. The van der Waals surface area contributed by atoms with E-state index >= 15 is 0 Å². The molecule has 0 aromatic heterocycles. The molecule has 1 aromatic carbocycles. The quantitative estimate of drug-likeness (QED) is 0.887. The molecule has 0 amide bonds. The molecule has 2 rings (SSSR count). The molecule has 0 spiro atoms. The zero-order chi connectivity index (χ0) is 13.0. The second kappa shape index (κ2) is 6.69. The van der Waals surface area contributed by atoms with E-state index in [2.05, 4.69) is 12.2 Å². The van der Waals surface area contributed by atoms with Crippen LogP contribution in [0.15, 0.2) is 18.2 Å². The molecule has 2 atom stereocenters. The number of nitrogens with one attached hydrogen (secondary N) is 1. The number of thioether (sulfide) groups is 1. The van der Waals surface area contributed by atoms with Crippen molar-refractivity contribution >= 4 is 23.4 Å². The Morgan fingerprint density at radius 1 is 1.56 bits per heavy atom. The van der Waals surface area contributed by atoms with E-state index in [-0.39, 0.29) is 0 Å². The van der Waals surface area contributed by atoms with Crippen molar-refractivity contribution in [2.24, 2.45) is 0 Å². The van der Waals surface area contributed by atoms with Gasteiger partial charge in [0.1, 0.15) is 5.75 Å². The molecular formula is C14H20ClNOS. The Bertz CT molecular complexity index is 393. The minimum absolute atomic E-state index is 0.330. The van der Waals surface area contributed by atoms with Gasteiger partial charge in [0, 0.05) is 21.9 Å². The van der Waals surface area contributed by atoms with E-state index in [0.29, 0.717) is 11.3 Å². The van der Waals surface area contributed by atoms with Crippen molar-refractivity contribution < 1.29 is 4.74 Å². The number of rotatable bonds is 5. The molecule has 4 heteroatoms. The van der Waals surface area contributed by atoms with Crippen LogP contribution in [0.1, 0.15) is 31.4 Å². The Balaban J connectivity index is 2.31. The normalized spacial score (nSPS) is 20.9. The molecular weight excluding hydrogens is 266 g/mol. The fraction of sp³-hybridized carbons (Fsp3) is 0.571. The SMILES string of the molecule is CCNC(c1cc(Cl)ccc1OC)C1CCCS1. The third-order valence-electron chi connectivity index (χ3n) is 3.29. The lowest BCUT2D eigenvalue weighted by molar-refractivity contribution is 0.397. The van der Waals surface area contributed by atoms with E-state index in [1.165, 1.54) is 24.2 Å². The molecule has 100 valence electrons. The van der Waals surface area contributed by atoms with Gasteiger partial charge in [0.25, 0.3) is 0 Å². The van der Waals surface area contributed by atoms with Gasteiger partial charge in [-0.2, -0.15) is 11.8 Å². The van der Waals surface area contributed by atoms with Gasteiger partial charge in [0.2, 0.25) is 0 Å². The van der Waals surface area contributed by atoms with Crippen molar-refractivity contribution in [1.29, 1.82) is 0 Å². The van der Waals surface area contributed by atoms with Gasteiger partial charge in [-0.05, 0) is 43.3 Å². The lowest BCUT2D eigenvalue weighted by Gasteiger charge is -2.26. The van der Waals surface area contributed by atoms with E-state index in [1.54, 1.807) is 7.11 Å². The van der Waals surface area contributed by atoms with Crippen LogP contribution in [-0.4, -0.2) is 24.7 Å². The summed E-state index contributed by atoms with van der Waals surface area (Å²) in [7, 11) is 1.72. The van der Waals surface area contributed by atoms with Crippen molar-refractivity contribution in [1.82, 2.24) is 5.32 Å². The first kappa shape index (κ1) is 14.0. The van der Waals surface area contributed by atoms with Crippen LogP contribution in [0, 0.1) is 0 Å². The van der Waals surface area contributed by atoms with E-state index in [9.17, 15) is 0 Å². The van der Waals surface area contributed by atoms with Crippen LogP contribution in [-0.2, 0) is 0 Å². The first-order valence-electron chi connectivity index (χ1n) is 6.44. The number of hydrogen-bond donors (Lipinski definition) is 1. The maximum atomic E-state index is 6.13. The van der Waals surface area contributed by atoms with Crippen molar-refractivity contribution in [3.63, 3.8) is 0 Å². The number of hydrogen-bond acceptors (Lipinski definition) is 3. The minimum atomic E-state index is 0.330. The van der Waals surface area contributed by atoms with Crippen LogP contribution in [0.3, 0.4) is 0 Å². The van der Waals surface area contributed by atoms with E-state index in [4.69, 9.17) is 16.3 Å². The van der Waals surface area contributed by atoms with Gasteiger partial charge in [-0.3, -0.25) is 0 Å². The predicted octanol–water partition coefficient (Wildman–Crippen LogP) is 3.89. The second-order valence-electron chi connectivity index (χ2n) is 4.47. The Morgan fingerprint density at radius 2 is 2.39 bits per heavy atom. The summed E-state index contributed by atoms with van der Waals surface area (Å²) in [5.41, 5.74) is 1.19. The van der Waals surface area contributed by atoms with Crippen molar-refractivity contribution in [3.05, 3.63) is 28.8 Å². The van der Waals surface area contributed by atoms with Crippen molar-refractivity contribution in [2.75, 3.05) is 19.4 Å². The highest BCUT2D eigenvalue weighted by Gasteiger charge is 2.28. The molecule has 1 aliphatic heterocycles. The number of halogens is 1. The zero-order valence-electron chi connectivity index (χ0n) is 10.9. The summed E-state index contributed by atoms with van der Waals surface area (Å²) in [5.74, 6) is 2.19. The highest BCUT2D eigenvalue weighted by atomic mass is 35.5. The molecule has 1 heterocycles. The summed E-state index contributed by atoms with van der Waals surface area (Å²) in [6.45, 7) is 3.10. The Labute approximate surface area is 118 Å². The summed E-state index contributed by atoms with van der Waals surface area (Å²) in [4.78, 5) is 0. The van der Waals surface area contributed by atoms with Crippen molar-refractivity contribution in [3.8, 4) is 5.75 Å². The zero-order valence-corrected chi connectivity index (χ0v) is 12.5. The molecule has 0 saturated carbocycles. The van der Waals surface area contributed by atoms with E-state index in [0.717, 1.165) is 17.3 Å². The Morgan fingerprint density at radius 3 is 3.00 bits per heavy atom. The Hall–Kier alpha value is -0.380. The molecule has 2 unspecified atom stereocenters. The number of ether oxygens (including phenoxy) is 1. The average Bonchev–Trinajstić information content (AvgIpc) is 2.89. The largest absolute Gasteiger partial charge is 0.496 e. The average molecular weight is 286 g/mol. The lowest BCUT2D eigenvalue weighted by atomic mass is 9.99. The monoisotopic (exact) mass is 285 g/mol. The van der Waals surface area contributed by atoms with Crippen LogP contribution in [0.5, 0.6) is 5.75 Å². The van der Waals surface area contributed by atoms with Crippen LogP contribution >= 0.6 is 23.4 Å². The molecule has 1 fully saturated rings. The topological polar surface area (TPSA) is 21.3 Å². The fourth-order valence-corrected chi connectivity index (χ4v) is 4.06. The van der Waals surface area contributed by atoms with Crippen LogP contribution in [0.25, 0.3) is 0 Å². The molecule has 0 aliphatic carbocycles. The van der Waals surface area contributed by atoms with Gasteiger partial charge in [0.15, 0.2) is 0 Å². The van der Waals surface area contributed by atoms with Gasteiger partial charge in [0.05, 0.1) is 7.11 Å². The van der Waals surface area contributed by atoms with E-state index in [1.807, 2.05) is 30.0 Å². The molecule has 1 N–H and O–H groups in total. The van der Waals surface area contributed by atoms with Crippen LogP contribution in [0.2, 0.25) is 5.02 Å². The standard InChI is InChI=1S/C14H20ClNOS/c1-3-16-14(13-5-4-8-18-13)11-9-10(15)6-7-12(11)17-2/h6-7,9,13-14,16H,3-5,8H2,1-2H3. The van der Waals surface area contributed by atoms with Gasteiger partial charge < -0.3 is 10.1 Å². The summed E-state index contributed by atoms with van der Waals surface area (Å²) in [6.07, 6.45) is 2.57. The number of benzene rings is 1. The second-order valence-corrected chi connectivity index (χ2v) is 6.26. The molecule has 1 saturated heterocycles.